The average Bonchev–Trinajstić information content (AvgIpc) is 1.67. The van der Waals surface area contributed by atoms with E-state index in [1.54, 1.807) is 89.0 Å². The number of imidazole rings is 9. The summed E-state index contributed by atoms with van der Waals surface area (Å²) in [5.74, 6) is 1.71. The van der Waals surface area contributed by atoms with E-state index in [1.807, 2.05) is 228 Å². The van der Waals surface area contributed by atoms with Crippen LogP contribution in [0.3, 0.4) is 0 Å². The van der Waals surface area contributed by atoms with Crippen LogP contribution in [0, 0.1) is 0 Å². The number of ether oxygens (including phenoxy) is 4. The van der Waals surface area contributed by atoms with Crippen LogP contribution in [0.1, 0.15) is 38.2 Å². The summed E-state index contributed by atoms with van der Waals surface area (Å²) in [6.07, 6.45) is 30.7. The van der Waals surface area contributed by atoms with Crippen molar-refractivity contribution >= 4 is 89.6 Å². The number of methoxy groups -OCH3 is 4. The van der Waals surface area contributed by atoms with Gasteiger partial charge in [-0.15, -0.1) is 0 Å². The number of anilines is 5. The zero-order chi connectivity index (χ0) is 99.3. The summed E-state index contributed by atoms with van der Waals surface area (Å²) in [7, 11) is 6.52. The number of rotatable bonds is 29. The summed E-state index contributed by atoms with van der Waals surface area (Å²) in [4.78, 5) is 50.3. The lowest BCUT2D eigenvalue weighted by atomic mass is 10.1. The third-order valence-corrected chi connectivity index (χ3v) is 24.7. The van der Waals surface area contributed by atoms with E-state index in [0.717, 1.165) is 165 Å². The van der Waals surface area contributed by atoms with Crippen molar-refractivity contribution in [2.24, 2.45) is 0 Å². The number of carbonyl (C=O) groups is 1. The van der Waals surface area contributed by atoms with Gasteiger partial charge in [-0.3, -0.25) is 22.8 Å². The fourth-order valence-electron chi connectivity index (χ4n) is 17.3. The molecule has 9 heterocycles. The molecule has 24 rings (SSSR count). The maximum atomic E-state index is 11.6. The first-order valence-electron chi connectivity index (χ1n) is 47.2. The molecule has 146 heavy (non-hydrogen) atoms. The van der Waals surface area contributed by atoms with Gasteiger partial charge in [0.05, 0.1) is 126 Å². The van der Waals surface area contributed by atoms with Gasteiger partial charge in [-0.25, -0.2) is 49.7 Å². The first kappa shape index (κ1) is 93.8. The molecule has 29 nitrogen and oxygen atoms in total. The van der Waals surface area contributed by atoms with Crippen molar-refractivity contribution in [3.8, 4) is 74.2 Å². The highest BCUT2D eigenvalue weighted by molar-refractivity contribution is 5.92. The Morgan fingerprint density at radius 2 is 0.555 bits per heavy atom. The third-order valence-electron chi connectivity index (χ3n) is 24.7. The van der Waals surface area contributed by atoms with E-state index < -0.39 is 5.97 Å². The average molecular weight is 1930 g/mol. The van der Waals surface area contributed by atoms with E-state index in [-0.39, 0.29) is 5.56 Å². The highest BCUT2D eigenvalue weighted by atomic mass is 16.5. The Labute approximate surface area is 840 Å². The standard InChI is InChI=1S/C24H19N5O2.C24H21N5O.2C23H19N5.C23H23N3O3/c30-24(31)20-9-8-17(12-23(20)28-11-10-25-15-28)14-26-18-4-3-5-19(13-18)29-16-27-21-6-1-2-7-22(21)29;1-30-24-13-18(9-10-23(24)28-12-11-25-16-28)15-26-19-5-4-6-20(14-19)29-17-27-21-7-2-3-8-22(21)29;1-2-10-23-22(9-1)26-17-28(23)21-8-4-6-19(14-21)25-15-18-5-3-7-20(13-18)27-12-11-24-16-27;1-2-7-23-22(6-1)26-17-28(23)21-5-3-4-19(14-21)25-15-18-8-10-20(11-9-18)27-13-12-24-16-27;1-27-21-11-16(12-22(28-2)23(21)29-3)14-24-17-7-6-8-18(13-17)26-15-25-19-9-4-5-10-20(19)26/h1-13,15-16,26H,14H2,(H,30,31);2-14,16-17,26H,15H2,1H3;2*1-14,16-17,25H,15H2;4-13,15,24H,14H2,1-3H3. The van der Waals surface area contributed by atoms with Gasteiger partial charge in [0.25, 0.3) is 0 Å². The number of nitrogens with zero attached hydrogens (tertiary/aromatic N) is 18. The number of benzene rings is 15. The molecule has 0 aliphatic rings. The van der Waals surface area contributed by atoms with Crippen LogP contribution in [-0.2, 0) is 32.7 Å². The van der Waals surface area contributed by atoms with Crippen molar-refractivity contribution < 1.29 is 28.8 Å². The van der Waals surface area contributed by atoms with Gasteiger partial charge >= 0.3 is 5.97 Å². The van der Waals surface area contributed by atoms with Gasteiger partial charge in [0.15, 0.2) is 11.5 Å². The monoisotopic (exact) mass is 1920 g/mol. The maximum absolute atomic E-state index is 11.6. The molecule has 0 bridgehead atoms. The molecule has 0 saturated heterocycles. The number of aromatic carboxylic acids is 1. The summed E-state index contributed by atoms with van der Waals surface area (Å²) in [5, 5.41) is 26.9. The first-order chi connectivity index (χ1) is 72.0. The Hall–Kier alpha value is -19.8. The quantitative estimate of drug-likeness (QED) is 0.0254. The van der Waals surface area contributed by atoms with Crippen molar-refractivity contribution in [1.29, 1.82) is 0 Å². The number of carboxylic acid groups (broad SMARTS) is 1. The minimum atomic E-state index is -0.969. The lowest BCUT2D eigenvalue weighted by Gasteiger charge is -2.15. The molecular formula is C117H101N23O6. The van der Waals surface area contributed by atoms with Crippen LogP contribution in [0.4, 0.5) is 28.4 Å². The molecule has 720 valence electrons. The number of fused-ring (bicyclic) bond motifs is 5. The van der Waals surface area contributed by atoms with Crippen LogP contribution in [0.2, 0.25) is 0 Å². The summed E-state index contributed by atoms with van der Waals surface area (Å²) in [6.45, 7) is 3.37. The summed E-state index contributed by atoms with van der Waals surface area (Å²) >= 11 is 0. The highest BCUT2D eigenvalue weighted by Crippen LogP contribution is 2.39. The smallest absolute Gasteiger partial charge is 0.337 e. The second-order valence-electron chi connectivity index (χ2n) is 33.9. The molecule has 0 spiro atoms. The summed E-state index contributed by atoms with van der Waals surface area (Å²) < 4.78 is 40.0. The minimum Gasteiger partial charge on any atom is -0.495 e. The molecule has 0 aliphatic carbocycles. The van der Waals surface area contributed by atoms with Gasteiger partial charge in [0.1, 0.15) is 37.4 Å². The van der Waals surface area contributed by atoms with Gasteiger partial charge in [-0.1, -0.05) is 127 Å². The predicted octanol–water partition coefficient (Wildman–Crippen LogP) is 23.7. The molecule has 6 N–H and O–H groups in total. The topological polar surface area (TPSA) is 295 Å². The van der Waals surface area contributed by atoms with E-state index >= 15 is 0 Å². The van der Waals surface area contributed by atoms with E-state index in [1.165, 1.54) is 11.1 Å². The van der Waals surface area contributed by atoms with Gasteiger partial charge in [-0.2, -0.15) is 0 Å². The third kappa shape index (κ3) is 21.9. The largest absolute Gasteiger partial charge is 0.495 e. The molecule has 15 aromatic carbocycles. The number of nitrogens with one attached hydrogen (secondary N) is 5. The van der Waals surface area contributed by atoms with Gasteiger partial charge in [0, 0.05) is 151 Å². The second kappa shape index (κ2) is 44.5. The van der Waals surface area contributed by atoms with Gasteiger partial charge in [-0.05, 0) is 240 Å². The Balaban J connectivity index is 0.000000111. The Morgan fingerprint density at radius 3 is 0.911 bits per heavy atom. The molecule has 29 heteroatoms. The summed E-state index contributed by atoms with van der Waals surface area (Å²) in [6, 6.07) is 114. The molecule has 24 aromatic rings. The van der Waals surface area contributed by atoms with Gasteiger partial charge in [0.2, 0.25) is 5.75 Å². The SMILES string of the molecule is COc1cc(CNc2cccc(-n3cnc4ccccc43)c2)cc(OC)c1OC.COc1cc(CNc2cccc(-n3cnc4ccccc43)c2)ccc1-n1ccnc1.O=C(O)c1ccc(CNc2cccc(-n3cnc4ccccc43)c2)cc1-n1ccnc1.c1cc(CNc2cccc(-n3cnc4ccccc43)c2)cc(-n2ccnc2)c1.c1cc(NCc2ccc(-n3ccnc3)cc2)cc(-n2cnc3ccccc32)c1. The number of hydrogen-bond donors (Lipinski definition) is 6. The van der Waals surface area contributed by atoms with E-state index in [2.05, 4.69) is 270 Å². The number of aromatic nitrogens is 18. The Bertz CT molecular complexity index is 8500. The Kier molecular flexibility index (Phi) is 28.6. The predicted molar refractivity (Wildman–Crippen MR) is 576 cm³/mol. The van der Waals surface area contributed by atoms with Crippen molar-refractivity contribution in [3.63, 3.8) is 0 Å². The lowest BCUT2D eigenvalue weighted by Crippen LogP contribution is -2.07. The first-order valence-corrected chi connectivity index (χ1v) is 47.2. The van der Waals surface area contributed by atoms with E-state index in [0.29, 0.717) is 42.6 Å². The molecule has 0 amide bonds. The Morgan fingerprint density at radius 1 is 0.253 bits per heavy atom. The van der Waals surface area contributed by atoms with Crippen molar-refractivity contribution in [2.75, 3.05) is 55.0 Å². The van der Waals surface area contributed by atoms with Crippen LogP contribution in [0.5, 0.6) is 23.0 Å². The van der Waals surface area contributed by atoms with Crippen LogP contribution in [0.25, 0.3) is 106 Å². The molecule has 0 atom stereocenters. The van der Waals surface area contributed by atoms with E-state index in [9.17, 15) is 9.90 Å². The van der Waals surface area contributed by atoms with Crippen molar-refractivity contribution in [1.82, 2.24) is 86.0 Å². The van der Waals surface area contributed by atoms with Gasteiger partial charge < -0.3 is 68.9 Å². The molecule has 0 saturated carbocycles. The van der Waals surface area contributed by atoms with E-state index in [4.69, 9.17) is 18.9 Å². The molecule has 0 unspecified atom stereocenters. The molecule has 0 aliphatic heterocycles. The van der Waals surface area contributed by atoms with Crippen molar-refractivity contribution in [3.05, 3.63) is 480 Å². The number of carboxylic acids is 1. The zero-order valence-corrected chi connectivity index (χ0v) is 80.2. The fourth-order valence-corrected chi connectivity index (χ4v) is 17.3. The molecular weight excluding hydrogens is 1820 g/mol. The summed E-state index contributed by atoms with van der Waals surface area (Å²) in [5.41, 5.74) is 30.4. The number of hydrogen-bond acceptors (Lipinski definition) is 19. The number of para-hydroxylation sites is 10. The normalized spacial score (nSPS) is 10.9. The van der Waals surface area contributed by atoms with Crippen LogP contribution < -0.4 is 45.5 Å². The second-order valence-corrected chi connectivity index (χ2v) is 33.9. The van der Waals surface area contributed by atoms with Crippen LogP contribution in [-0.4, -0.2) is 125 Å². The zero-order valence-electron chi connectivity index (χ0n) is 80.2. The van der Waals surface area contributed by atoms with Crippen LogP contribution >= 0.6 is 0 Å². The molecule has 9 aromatic heterocycles. The minimum absolute atomic E-state index is 0.232. The van der Waals surface area contributed by atoms with Crippen molar-refractivity contribution in [2.45, 2.75) is 32.7 Å². The molecule has 0 radical (unpaired) electrons. The fraction of sp³-hybridized carbons (Fsp3) is 0.0769. The molecule has 0 fully saturated rings. The highest BCUT2D eigenvalue weighted by Gasteiger charge is 2.19. The lowest BCUT2D eigenvalue weighted by molar-refractivity contribution is 0.0696. The van der Waals surface area contributed by atoms with Crippen LogP contribution in [0.15, 0.2) is 446 Å². The maximum Gasteiger partial charge on any atom is 0.337 e.